The predicted octanol–water partition coefficient (Wildman–Crippen LogP) is 6.89. The third-order valence-corrected chi connectivity index (χ3v) is 5.15. The van der Waals surface area contributed by atoms with E-state index in [0.29, 0.717) is 27.0 Å². The van der Waals surface area contributed by atoms with Gasteiger partial charge in [0.1, 0.15) is 11.2 Å². The molecule has 2 aromatic carbocycles. The molecule has 0 fully saturated rings. The topological polar surface area (TPSA) is 30.2 Å². The minimum absolute atomic E-state index is 0.0225. The summed E-state index contributed by atoms with van der Waals surface area (Å²) in [7, 11) is 0. The number of unbranched alkanes of at least 4 members (excludes halogenated alkanes) is 6. The number of para-hydroxylation sites is 1. The van der Waals surface area contributed by atoms with E-state index in [9.17, 15) is 4.79 Å². The molecule has 0 spiro atoms. The van der Waals surface area contributed by atoms with Gasteiger partial charge in [-0.15, -0.1) is 0 Å². The highest BCUT2D eigenvalue weighted by atomic mass is 35.5. The second-order valence-corrected chi connectivity index (χ2v) is 7.15. The van der Waals surface area contributed by atoms with E-state index in [1.54, 1.807) is 6.07 Å². The van der Waals surface area contributed by atoms with E-state index in [-0.39, 0.29) is 5.43 Å². The van der Waals surface area contributed by atoms with Crippen LogP contribution in [0, 0.1) is 0 Å². The summed E-state index contributed by atoms with van der Waals surface area (Å²) in [6.45, 7) is 2.24. The van der Waals surface area contributed by atoms with Crippen LogP contribution in [0.1, 0.15) is 57.4 Å². The summed E-state index contributed by atoms with van der Waals surface area (Å²) < 4.78 is 5.86. The Kier molecular flexibility index (Phi) is 6.14. The molecule has 0 saturated heterocycles. The van der Waals surface area contributed by atoms with Crippen molar-refractivity contribution in [2.45, 2.75) is 58.3 Å². The van der Waals surface area contributed by atoms with Crippen molar-refractivity contribution in [1.82, 2.24) is 0 Å². The number of aryl methyl sites for hydroxylation is 1. The Hall–Kier alpha value is -1.80. The van der Waals surface area contributed by atoms with Gasteiger partial charge in [-0.3, -0.25) is 4.79 Å². The zero-order valence-corrected chi connectivity index (χ0v) is 15.6. The Morgan fingerprint density at radius 2 is 1.60 bits per heavy atom. The van der Waals surface area contributed by atoms with E-state index in [1.165, 1.54) is 38.5 Å². The summed E-state index contributed by atoms with van der Waals surface area (Å²) in [6, 6.07) is 11.1. The van der Waals surface area contributed by atoms with Crippen LogP contribution in [0.15, 0.2) is 45.6 Å². The molecule has 1 heterocycles. The third-order valence-electron chi connectivity index (χ3n) is 4.79. The number of hydrogen-bond acceptors (Lipinski definition) is 2. The lowest BCUT2D eigenvalue weighted by molar-refractivity contribution is 0.589. The molecule has 0 amide bonds. The number of halogens is 1. The first-order chi connectivity index (χ1) is 12.2. The molecule has 3 aromatic rings. The average molecular weight is 357 g/mol. The standard InChI is InChI=1S/C22H25ClO2/c1-2-3-4-5-6-7-8-11-16-14-18-21(15-19(16)23)25-20-13-10-9-12-17(20)22(18)24/h9-10,12-15H,2-8,11H2,1H3. The van der Waals surface area contributed by atoms with Gasteiger partial charge in [-0.25, -0.2) is 0 Å². The molecule has 0 aliphatic carbocycles. The van der Waals surface area contributed by atoms with E-state index < -0.39 is 0 Å². The Morgan fingerprint density at radius 1 is 0.880 bits per heavy atom. The minimum atomic E-state index is 0.0225. The van der Waals surface area contributed by atoms with Gasteiger partial charge in [0, 0.05) is 11.1 Å². The van der Waals surface area contributed by atoms with Crippen molar-refractivity contribution in [1.29, 1.82) is 0 Å². The minimum Gasteiger partial charge on any atom is -0.456 e. The molecule has 25 heavy (non-hydrogen) atoms. The first-order valence-electron chi connectivity index (χ1n) is 9.34. The van der Waals surface area contributed by atoms with E-state index in [4.69, 9.17) is 16.0 Å². The van der Waals surface area contributed by atoms with Crippen molar-refractivity contribution in [2.75, 3.05) is 0 Å². The van der Waals surface area contributed by atoms with E-state index in [1.807, 2.05) is 30.3 Å². The van der Waals surface area contributed by atoms with Crippen LogP contribution in [0.3, 0.4) is 0 Å². The van der Waals surface area contributed by atoms with Crippen LogP contribution >= 0.6 is 11.6 Å². The number of hydrogen-bond donors (Lipinski definition) is 0. The van der Waals surface area contributed by atoms with Gasteiger partial charge in [-0.1, -0.05) is 69.2 Å². The predicted molar refractivity (Wildman–Crippen MR) is 107 cm³/mol. The second-order valence-electron chi connectivity index (χ2n) is 6.74. The Labute approximate surface area is 153 Å². The molecule has 1 aromatic heterocycles. The second kappa shape index (κ2) is 8.53. The van der Waals surface area contributed by atoms with Crippen molar-refractivity contribution in [3.8, 4) is 0 Å². The maximum atomic E-state index is 12.7. The monoisotopic (exact) mass is 356 g/mol. The van der Waals surface area contributed by atoms with Crippen LogP contribution < -0.4 is 5.43 Å². The average Bonchev–Trinajstić information content (AvgIpc) is 2.62. The fraction of sp³-hybridized carbons (Fsp3) is 0.409. The van der Waals surface area contributed by atoms with E-state index >= 15 is 0 Å². The maximum Gasteiger partial charge on any atom is 0.200 e. The summed E-state index contributed by atoms with van der Waals surface area (Å²) in [5.74, 6) is 0. The zero-order chi connectivity index (χ0) is 17.6. The van der Waals surface area contributed by atoms with Crippen molar-refractivity contribution in [3.05, 3.63) is 57.2 Å². The van der Waals surface area contributed by atoms with E-state index in [0.717, 1.165) is 18.4 Å². The first-order valence-corrected chi connectivity index (χ1v) is 9.72. The van der Waals surface area contributed by atoms with Crippen LogP contribution in [-0.2, 0) is 6.42 Å². The van der Waals surface area contributed by atoms with Gasteiger partial charge >= 0.3 is 0 Å². The highest BCUT2D eigenvalue weighted by Gasteiger charge is 2.11. The normalized spacial score (nSPS) is 11.4. The molecule has 3 rings (SSSR count). The summed E-state index contributed by atoms with van der Waals surface area (Å²) in [6.07, 6.45) is 9.77. The molecule has 0 radical (unpaired) electrons. The van der Waals surface area contributed by atoms with Gasteiger partial charge in [0.05, 0.1) is 10.8 Å². The largest absolute Gasteiger partial charge is 0.456 e. The molecular formula is C22H25ClO2. The summed E-state index contributed by atoms with van der Waals surface area (Å²) in [4.78, 5) is 12.7. The quantitative estimate of drug-likeness (QED) is 0.325. The summed E-state index contributed by atoms with van der Waals surface area (Å²) in [5, 5.41) is 1.94. The van der Waals surface area contributed by atoms with Crippen LogP contribution in [0.25, 0.3) is 21.9 Å². The van der Waals surface area contributed by atoms with Gasteiger partial charge in [-0.05, 0) is 36.6 Å². The fourth-order valence-electron chi connectivity index (χ4n) is 3.33. The molecule has 0 N–H and O–H groups in total. The number of rotatable bonds is 8. The van der Waals surface area contributed by atoms with Gasteiger partial charge in [-0.2, -0.15) is 0 Å². The maximum absolute atomic E-state index is 12.7. The number of fused-ring (bicyclic) bond motifs is 2. The van der Waals surface area contributed by atoms with Crippen LogP contribution in [0.5, 0.6) is 0 Å². The lowest BCUT2D eigenvalue weighted by Gasteiger charge is -2.07. The highest BCUT2D eigenvalue weighted by Crippen LogP contribution is 2.26. The Balaban J connectivity index is 1.76. The highest BCUT2D eigenvalue weighted by molar-refractivity contribution is 6.32. The molecule has 0 aliphatic heterocycles. The van der Waals surface area contributed by atoms with Gasteiger partial charge in [0.2, 0.25) is 5.43 Å². The first kappa shape index (κ1) is 18.0. The van der Waals surface area contributed by atoms with Gasteiger partial charge in [0.25, 0.3) is 0 Å². The van der Waals surface area contributed by atoms with Gasteiger partial charge < -0.3 is 4.42 Å². The summed E-state index contributed by atoms with van der Waals surface area (Å²) >= 11 is 6.43. The van der Waals surface area contributed by atoms with Crippen molar-refractivity contribution >= 4 is 33.5 Å². The van der Waals surface area contributed by atoms with Crippen LogP contribution in [-0.4, -0.2) is 0 Å². The SMILES string of the molecule is CCCCCCCCCc1cc2c(=O)c3ccccc3oc2cc1Cl. The Morgan fingerprint density at radius 3 is 2.40 bits per heavy atom. The molecule has 0 atom stereocenters. The molecule has 0 bridgehead atoms. The molecule has 2 nitrogen and oxygen atoms in total. The molecule has 0 unspecified atom stereocenters. The molecule has 0 saturated carbocycles. The molecule has 0 aliphatic rings. The van der Waals surface area contributed by atoms with Crippen LogP contribution in [0.2, 0.25) is 5.02 Å². The third kappa shape index (κ3) is 4.24. The van der Waals surface area contributed by atoms with Gasteiger partial charge in [0.15, 0.2) is 0 Å². The molecule has 3 heteroatoms. The zero-order valence-electron chi connectivity index (χ0n) is 14.8. The van der Waals surface area contributed by atoms with E-state index in [2.05, 4.69) is 6.92 Å². The lowest BCUT2D eigenvalue weighted by Crippen LogP contribution is -2.03. The van der Waals surface area contributed by atoms with Crippen LogP contribution in [0.4, 0.5) is 0 Å². The van der Waals surface area contributed by atoms with Crippen molar-refractivity contribution in [3.63, 3.8) is 0 Å². The lowest BCUT2D eigenvalue weighted by atomic mass is 10.0. The van der Waals surface area contributed by atoms with Crippen molar-refractivity contribution in [2.24, 2.45) is 0 Å². The van der Waals surface area contributed by atoms with Crippen molar-refractivity contribution < 1.29 is 4.42 Å². The molecule has 132 valence electrons. The molecular weight excluding hydrogens is 332 g/mol. The summed E-state index contributed by atoms with van der Waals surface area (Å²) in [5.41, 5.74) is 2.24. The fourth-order valence-corrected chi connectivity index (χ4v) is 3.58. The Bertz CT molecular complexity index is 911. The number of benzene rings is 2. The smallest absolute Gasteiger partial charge is 0.200 e.